The van der Waals surface area contributed by atoms with Crippen molar-refractivity contribution in [3.8, 4) is 5.69 Å². The minimum absolute atomic E-state index is 0.0446. The second-order valence-electron chi connectivity index (χ2n) is 8.95. The first-order valence-electron chi connectivity index (χ1n) is 11.6. The zero-order valence-electron chi connectivity index (χ0n) is 19.8. The van der Waals surface area contributed by atoms with E-state index in [1.165, 1.54) is 0 Å². The predicted molar refractivity (Wildman–Crippen MR) is 130 cm³/mol. The summed E-state index contributed by atoms with van der Waals surface area (Å²) in [7, 11) is 0. The van der Waals surface area contributed by atoms with E-state index in [2.05, 4.69) is 24.3 Å². The first kappa shape index (κ1) is 23.6. The molecule has 178 valence electrons. The SMILES string of the molecule is Cc1ccccc1Cn1c(=O)c(C(=O)NCC2CCCO2)nn(-c2ccc(C(C)C)cc2)c1=O. The van der Waals surface area contributed by atoms with Gasteiger partial charge in [0, 0.05) is 13.2 Å². The van der Waals surface area contributed by atoms with Crippen LogP contribution in [0.4, 0.5) is 0 Å². The lowest BCUT2D eigenvalue weighted by Crippen LogP contribution is -2.46. The summed E-state index contributed by atoms with van der Waals surface area (Å²) in [5.41, 5.74) is 1.73. The van der Waals surface area contributed by atoms with Crippen LogP contribution in [0.1, 0.15) is 59.8 Å². The molecule has 1 aliphatic heterocycles. The third kappa shape index (κ3) is 5.02. The molecule has 0 radical (unpaired) electrons. The van der Waals surface area contributed by atoms with Gasteiger partial charge in [-0.1, -0.05) is 50.2 Å². The molecule has 1 aromatic heterocycles. The zero-order chi connectivity index (χ0) is 24.2. The van der Waals surface area contributed by atoms with Gasteiger partial charge in [0.25, 0.3) is 11.5 Å². The van der Waals surface area contributed by atoms with Gasteiger partial charge in [-0.25, -0.2) is 4.79 Å². The third-order valence-electron chi connectivity index (χ3n) is 6.18. The summed E-state index contributed by atoms with van der Waals surface area (Å²) in [6, 6.07) is 14.9. The van der Waals surface area contributed by atoms with E-state index in [4.69, 9.17) is 4.74 Å². The van der Waals surface area contributed by atoms with Gasteiger partial charge < -0.3 is 10.1 Å². The lowest BCUT2D eigenvalue weighted by Gasteiger charge is -2.15. The van der Waals surface area contributed by atoms with Crippen molar-refractivity contribution in [2.45, 2.75) is 52.2 Å². The standard InChI is InChI=1S/C26H30N4O4/c1-17(2)19-10-12-21(13-11-19)30-26(33)29(16-20-8-5-4-7-18(20)3)25(32)23(28-30)24(31)27-15-22-9-6-14-34-22/h4-5,7-8,10-13,17,22H,6,9,14-16H2,1-3H3,(H,27,31). The van der Waals surface area contributed by atoms with Crippen molar-refractivity contribution >= 4 is 5.91 Å². The number of hydrogen-bond donors (Lipinski definition) is 1. The monoisotopic (exact) mass is 462 g/mol. The average molecular weight is 463 g/mol. The van der Waals surface area contributed by atoms with E-state index in [0.717, 1.165) is 38.8 Å². The van der Waals surface area contributed by atoms with Crippen LogP contribution >= 0.6 is 0 Å². The Bertz CT molecular complexity index is 1290. The van der Waals surface area contributed by atoms with Crippen molar-refractivity contribution in [1.82, 2.24) is 19.7 Å². The maximum atomic E-state index is 13.4. The van der Waals surface area contributed by atoms with Crippen LogP contribution in [0.5, 0.6) is 0 Å². The lowest BCUT2D eigenvalue weighted by molar-refractivity contribution is 0.0849. The number of nitrogens with one attached hydrogen (secondary N) is 1. The summed E-state index contributed by atoms with van der Waals surface area (Å²) in [5, 5.41) is 6.96. The number of carbonyl (C=O) groups is 1. The molecule has 8 heteroatoms. The Morgan fingerprint density at radius 2 is 1.88 bits per heavy atom. The van der Waals surface area contributed by atoms with E-state index in [1.807, 2.05) is 43.3 Å². The summed E-state index contributed by atoms with van der Waals surface area (Å²) >= 11 is 0. The van der Waals surface area contributed by atoms with Gasteiger partial charge in [-0.15, -0.1) is 0 Å². The molecule has 0 saturated carbocycles. The fourth-order valence-corrected chi connectivity index (χ4v) is 4.02. The van der Waals surface area contributed by atoms with E-state index in [-0.39, 0.29) is 18.3 Å². The number of carbonyl (C=O) groups excluding carboxylic acids is 1. The molecule has 1 unspecified atom stereocenters. The molecule has 1 N–H and O–H groups in total. The Balaban J connectivity index is 1.77. The van der Waals surface area contributed by atoms with Crippen LogP contribution in [-0.2, 0) is 11.3 Å². The predicted octanol–water partition coefficient (Wildman–Crippen LogP) is 2.78. The van der Waals surface area contributed by atoms with Gasteiger partial charge in [-0.05, 0) is 54.5 Å². The van der Waals surface area contributed by atoms with Gasteiger partial charge in [-0.2, -0.15) is 9.78 Å². The maximum absolute atomic E-state index is 13.4. The molecule has 3 aromatic rings. The number of amides is 1. The largest absolute Gasteiger partial charge is 0.376 e. The highest BCUT2D eigenvalue weighted by Crippen LogP contribution is 2.16. The molecule has 0 bridgehead atoms. The van der Waals surface area contributed by atoms with Crippen molar-refractivity contribution in [2.24, 2.45) is 0 Å². The van der Waals surface area contributed by atoms with Gasteiger partial charge in [0.1, 0.15) is 0 Å². The van der Waals surface area contributed by atoms with Crippen LogP contribution in [0, 0.1) is 6.92 Å². The molecule has 1 saturated heterocycles. The summed E-state index contributed by atoms with van der Waals surface area (Å²) in [5.74, 6) is -0.292. The molecule has 1 fully saturated rings. The molecule has 1 aliphatic rings. The van der Waals surface area contributed by atoms with E-state index >= 15 is 0 Å². The number of aryl methyl sites for hydroxylation is 1. The van der Waals surface area contributed by atoms with E-state index < -0.39 is 17.2 Å². The van der Waals surface area contributed by atoms with E-state index in [1.54, 1.807) is 12.1 Å². The van der Waals surface area contributed by atoms with Crippen LogP contribution in [0.3, 0.4) is 0 Å². The number of nitrogens with zero attached hydrogens (tertiary/aromatic N) is 3. The summed E-state index contributed by atoms with van der Waals surface area (Å²) in [4.78, 5) is 39.6. The van der Waals surface area contributed by atoms with Crippen LogP contribution < -0.4 is 16.6 Å². The smallest absolute Gasteiger partial charge is 0.352 e. The highest BCUT2D eigenvalue weighted by Gasteiger charge is 2.23. The molecular formula is C26H30N4O4. The average Bonchev–Trinajstić information content (AvgIpc) is 3.35. The zero-order valence-corrected chi connectivity index (χ0v) is 19.8. The fraction of sp³-hybridized carbons (Fsp3) is 0.385. The van der Waals surface area contributed by atoms with Crippen LogP contribution in [-0.4, -0.2) is 39.5 Å². The molecule has 2 aromatic carbocycles. The molecule has 4 rings (SSSR count). The second kappa shape index (κ2) is 10.2. The third-order valence-corrected chi connectivity index (χ3v) is 6.18. The number of hydrogen-bond acceptors (Lipinski definition) is 5. The highest BCUT2D eigenvalue weighted by molar-refractivity contribution is 5.91. The van der Waals surface area contributed by atoms with Crippen molar-refractivity contribution < 1.29 is 9.53 Å². The molecule has 1 atom stereocenters. The minimum atomic E-state index is -0.715. The maximum Gasteiger partial charge on any atom is 0.352 e. The molecule has 2 heterocycles. The van der Waals surface area contributed by atoms with Crippen LogP contribution in [0.15, 0.2) is 58.1 Å². The van der Waals surface area contributed by atoms with Crippen molar-refractivity contribution in [1.29, 1.82) is 0 Å². The Hall–Kier alpha value is -3.52. The Morgan fingerprint density at radius 3 is 2.53 bits per heavy atom. The molecular weight excluding hydrogens is 432 g/mol. The molecule has 0 spiro atoms. The minimum Gasteiger partial charge on any atom is -0.376 e. The van der Waals surface area contributed by atoms with Gasteiger partial charge in [-0.3, -0.25) is 14.2 Å². The highest BCUT2D eigenvalue weighted by atomic mass is 16.5. The summed E-state index contributed by atoms with van der Waals surface area (Å²) in [6.45, 7) is 7.08. The quantitative estimate of drug-likeness (QED) is 0.583. The first-order valence-corrected chi connectivity index (χ1v) is 11.6. The number of rotatable bonds is 7. The van der Waals surface area contributed by atoms with Crippen molar-refractivity contribution in [2.75, 3.05) is 13.2 Å². The van der Waals surface area contributed by atoms with Crippen molar-refractivity contribution in [3.05, 3.63) is 91.8 Å². The van der Waals surface area contributed by atoms with E-state index in [0.29, 0.717) is 24.8 Å². The van der Waals surface area contributed by atoms with Gasteiger partial charge >= 0.3 is 5.69 Å². The molecule has 8 nitrogen and oxygen atoms in total. The first-order chi connectivity index (χ1) is 16.3. The van der Waals surface area contributed by atoms with Crippen LogP contribution in [0.2, 0.25) is 0 Å². The number of benzene rings is 2. The summed E-state index contributed by atoms with van der Waals surface area (Å²) in [6.07, 6.45) is 1.72. The van der Waals surface area contributed by atoms with Crippen molar-refractivity contribution in [3.63, 3.8) is 0 Å². The second-order valence-corrected chi connectivity index (χ2v) is 8.95. The topological polar surface area (TPSA) is 95.2 Å². The lowest BCUT2D eigenvalue weighted by atomic mass is 10.0. The van der Waals surface area contributed by atoms with Gasteiger partial charge in [0.15, 0.2) is 0 Å². The molecule has 1 amide bonds. The van der Waals surface area contributed by atoms with Crippen LogP contribution in [0.25, 0.3) is 5.69 Å². The van der Waals surface area contributed by atoms with Gasteiger partial charge in [0.05, 0.1) is 18.3 Å². The molecule has 34 heavy (non-hydrogen) atoms. The summed E-state index contributed by atoms with van der Waals surface area (Å²) < 4.78 is 7.76. The Morgan fingerprint density at radius 1 is 1.15 bits per heavy atom. The fourth-order valence-electron chi connectivity index (χ4n) is 4.02. The number of aromatic nitrogens is 3. The van der Waals surface area contributed by atoms with Gasteiger partial charge in [0.2, 0.25) is 5.69 Å². The Labute approximate surface area is 198 Å². The molecule has 0 aliphatic carbocycles. The Kier molecular flexibility index (Phi) is 7.07. The van der Waals surface area contributed by atoms with E-state index in [9.17, 15) is 14.4 Å². The normalized spacial score (nSPS) is 15.6. The number of ether oxygens (including phenoxy) is 1.